The summed E-state index contributed by atoms with van der Waals surface area (Å²) in [6.45, 7) is 2.14. The second-order valence-electron chi connectivity index (χ2n) is 5.64. The van der Waals surface area contributed by atoms with Gasteiger partial charge in [-0.05, 0) is 32.1 Å². The molecule has 0 aromatic carbocycles. The number of ether oxygens (including phenoxy) is 1. The van der Waals surface area contributed by atoms with E-state index >= 15 is 0 Å². The molecule has 1 heterocycles. The number of aliphatic carboxylic acids is 1. The minimum absolute atomic E-state index is 0.0440. The van der Waals surface area contributed by atoms with Crippen molar-refractivity contribution in [2.24, 2.45) is 0 Å². The van der Waals surface area contributed by atoms with Crippen LogP contribution in [0, 0.1) is 0 Å². The number of nitrogens with one attached hydrogen (secondary N) is 1. The predicted octanol–water partition coefficient (Wildman–Crippen LogP) is 0.779. The molecule has 1 atom stereocenters. The van der Waals surface area contributed by atoms with Gasteiger partial charge in [0.05, 0.1) is 13.2 Å². The molecule has 6 heteroatoms. The molecule has 2 rings (SSSR count). The highest BCUT2D eigenvalue weighted by Gasteiger charge is 2.27. The van der Waals surface area contributed by atoms with Crippen molar-refractivity contribution >= 4 is 11.9 Å². The first-order valence-electron chi connectivity index (χ1n) is 7.66. The van der Waals surface area contributed by atoms with E-state index in [4.69, 9.17) is 9.84 Å². The third-order valence-electron chi connectivity index (χ3n) is 3.95. The van der Waals surface area contributed by atoms with Gasteiger partial charge in [-0.3, -0.25) is 9.69 Å². The molecule has 1 aliphatic heterocycles. The summed E-state index contributed by atoms with van der Waals surface area (Å²) in [4.78, 5) is 24.6. The second kappa shape index (κ2) is 8.14. The maximum Gasteiger partial charge on any atom is 0.334 e. The van der Waals surface area contributed by atoms with Gasteiger partial charge in [0.15, 0.2) is 6.10 Å². The van der Waals surface area contributed by atoms with Gasteiger partial charge in [-0.25, -0.2) is 4.79 Å². The van der Waals surface area contributed by atoms with Crippen molar-refractivity contribution in [2.45, 2.75) is 38.2 Å². The van der Waals surface area contributed by atoms with Crippen LogP contribution < -0.4 is 5.32 Å². The monoisotopic (exact) mass is 296 g/mol. The number of carbonyl (C=O) groups is 2. The molecule has 118 valence electrons. The first kappa shape index (κ1) is 16.0. The summed E-state index contributed by atoms with van der Waals surface area (Å²) in [5, 5.41) is 11.8. The number of amides is 1. The SMILES string of the molecule is O=C(CN1CCOC(C(=O)O)C1)NCCC1=CCCCC1. The minimum Gasteiger partial charge on any atom is -0.479 e. The highest BCUT2D eigenvalue weighted by molar-refractivity contribution is 5.78. The van der Waals surface area contributed by atoms with Crippen LogP contribution in [0.4, 0.5) is 0 Å². The highest BCUT2D eigenvalue weighted by atomic mass is 16.5. The smallest absolute Gasteiger partial charge is 0.334 e. The fourth-order valence-corrected chi connectivity index (χ4v) is 2.75. The Kier molecular flexibility index (Phi) is 6.20. The van der Waals surface area contributed by atoms with Crippen LogP contribution in [-0.2, 0) is 14.3 Å². The lowest BCUT2D eigenvalue weighted by Crippen LogP contribution is -2.49. The van der Waals surface area contributed by atoms with Gasteiger partial charge in [0.25, 0.3) is 0 Å². The summed E-state index contributed by atoms with van der Waals surface area (Å²) >= 11 is 0. The quantitative estimate of drug-likeness (QED) is 0.708. The maximum absolute atomic E-state index is 11.9. The van der Waals surface area contributed by atoms with Gasteiger partial charge < -0.3 is 15.2 Å². The summed E-state index contributed by atoms with van der Waals surface area (Å²) in [5.41, 5.74) is 1.44. The Morgan fingerprint density at radius 3 is 3.00 bits per heavy atom. The summed E-state index contributed by atoms with van der Waals surface area (Å²) in [7, 11) is 0. The van der Waals surface area contributed by atoms with Crippen LogP contribution in [0.2, 0.25) is 0 Å². The first-order valence-corrected chi connectivity index (χ1v) is 7.66. The van der Waals surface area contributed by atoms with Crippen molar-refractivity contribution in [3.63, 3.8) is 0 Å². The van der Waals surface area contributed by atoms with Crippen molar-refractivity contribution in [3.05, 3.63) is 11.6 Å². The van der Waals surface area contributed by atoms with Crippen molar-refractivity contribution in [1.82, 2.24) is 10.2 Å². The molecule has 1 unspecified atom stereocenters. The Labute approximate surface area is 125 Å². The lowest BCUT2D eigenvalue weighted by molar-refractivity contribution is -0.156. The Hall–Kier alpha value is -1.40. The van der Waals surface area contributed by atoms with Gasteiger partial charge in [0.1, 0.15) is 0 Å². The molecule has 0 radical (unpaired) electrons. The van der Waals surface area contributed by atoms with E-state index in [1.807, 2.05) is 4.90 Å². The molecule has 2 aliphatic rings. The third kappa shape index (κ3) is 5.47. The molecule has 0 saturated carbocycles. The topological polar surface area (TPSA) is 78.9 Å². The molecule has 0 bridgehead atoms. The standard InChI is InChI=1S/C15H24N2O4/c18-14(16-7-6-12-4-2-1-3-5-12)11-17-8-9-21-13(10-17)15(19)20/h4,13H,1-3,5-11H2,(H,16,18)(H,19,20). The van der Waals surface area contributed by atoms with Crippen molar-refractivity contribution in [2.75, 3.05) is 32.8 Å². The van der Waals surface area contributed by atoms with Crippen LogP contribution in [0.15, 0.2) is 11.6 Å². The average Bonchev–Trinajstić information content (AvgIpc) is 2.48. The summed E-state index contributed by atoms with van der Waals surface area (Å²) in [6.07, 6.45) is 7.23. The van der Waals surface area contributed by atoms with Crippen LogP contribution in [0.3, 0.4) is 0 Å². The van der Waals surface area contributed by atoms with Gasteiger partial charge in [0, 0.05) is 19.6 Å². The molecule has 1 fully saturated rings. The lowest BCUT2D eigenvalue weighted by atomic mass is 9.97. The van der Waals surface area contributed by atoms with Crippen LogP contribution in [0.1, 0.15) is 32.1 Å². The number of carboxylic acids is 1. The molecule has 6 nitrogen and oxygen atoms in total. The predicted molar refractivity (Wildman–Crippen MR) is 78.0 cm³/mol. The van der Waals surface area contributed by atoms with Crippen LogP contribution in [0.25, 0.3) is 0 Å². The number of carboxylic acid groups (broad SMARTS) is 1. The van der Waals surface area contributed by atoms with Crippen LogP contribution in [-0.4, -0.2) is 60.8 Å². The maximum atomic E-state index is 11.9. The van der Waals surface area contributed by atoms with Crippen molar-refractivity contribution in [3.8, 4) is 0 Å². The third-order valence-corrected chi connectivity index (χ3v) is 3.95. The summed E-state index contributed by atoms with van der Waals surface area (Å²) < 4.78 is 5.13. The number of carbonyl (C=O) groups excluding carboxylic acids is 1. The molecule has 0 aromatic heterocycles. The Bertz CT molecular complexity index is 408. The fraction of sp³-hybridized carbons (Fsp3) is 0.733. The van der Waals surface area contributed by atoms with Crippen LogP contribution >= 0.6 is 0 Å². The molecule has 2 N–H and O–H groups in total. The molecule has 0 spiro atoms. The number of allylic oxidation sites excluding steroid dienone is 1. The van der Waals surface area contributed by atoms with E-state index in [2.05, 4.69) is 11.4 Å². The molecular formula is C15H24N2O4. The van der Waals surface area contributed by atoms with E-state index in [1.54, 1.807) is 0 Å². The molecular weight excluding hydrogens is 272 g/mol. The molecule has 1 saturated heterocycles. The molecule has 1 amide bonds. The number of morpholine rings is 1. The van der Waals surface area contributed by atoms with E-state index in [0.717, 1.165) is 19.3 Å². The van der Waals surface area contributed by atoms with Gasteiger partial charge in [-0.15, -0.1) is 0 Å². The van der Waals surface area contributed by atoms with E-state index in [-0.39, 0.29) is 19.0 Å². The largest absolute Gasteiger partial charge is 0.479 e. The zero-order valence-corrected chi connectivity index (χ0v) is 12.3. The summed E-state index contributed by atoms with van der Waals surface area (Å²) in [6, 6.07) is 0. The fourth-order valence-electron chi connectivity index (χ4n) is 2.75. The summed E-state index contributed by atoms with van der Waals surface area (Å²) in [5.74, 6) is -1.01. The molecule has 0 aromatic rings. The van der Waals surface area contributed by atoms with Gasteiger partial charge in [0.2, 0.25) is 5.91 Å². The zero-order chi connectivity index (χ0) is 15.1. The molecule has 21 heavy (non-hydrogen) atoms. The Balaban J connectivity index is 1.64. The van der Waals surface area contributed by atoms with E-state index in [9.17, 15) is 9.59 Å². The van der Waals surface area contributed by atoms with Crippen molar-refractivity contribution < 1.29 is 19.4 Å². The first-order chi connectivity index (χ1) is 10.1. The Morgan fingerprint density at radius 1 is 1.43 bits per heavy atom. The van der Waals surface area contributed by atoms with E-state index in [0.29, 0.717) is 19.7 Å². The zero-order valence-electron chi connectivity index (χ0n) is 12.3. The number of hydrogen-bond acceptors (Lipinski definition) is 4. The highest BCUT2D eigenvalue weighted by Crippen LogP contribution is 2.19. The van der Waals surface area contributed by atoms with Gasteiger partial charge in [-0.1, -0.05) is 11.6 Å². The lowest BCUT2D eigenvalue weighted by Gasteiger charge is -2.30. The molecule has 1 aliphatic carbocycles. The second-order valence-corrected chi connectivity index (χ2v) is 5.64. The van der Waals surface area contributed by atoms with E-state index < -0.39 is 12.1 Å². The minimum atomic E-state index is -0.968. The number of hydrogen-bond donors (Lipinski definition) is 2. The van der Waals surface area contributed by atoms with Crippen LogP contribution in [0.5, 0.6) is 0 Å². The average molecular weight is 296 g/mol. The normalized spacial score (nSPS) is 23.4. The van der Waals surface area contributed by atoms with Gasteiger partial charge >= 0.3 is 5.97 Å². The van der Waals surface area contributed by atoms with Crippen molar-refractivity contribution in [1.29, 1.82) is 0 Å². The van der Waals surface area contributed by atoms with E-state index in [1.165, 1.54) is 18.4 Å². The van der Waals surface area contributed by atoms with Gasteiger partial charge in [-0.2, -0.15) is 0 Å². The Morgan fingerprint density at radius 2 is 2.29 bits per heavy atom. The number of nitrogens with zero attached hydrogens (tertiary/aromatic N) is 1. The number of rotatable bonds is 6.